The van der Waals surface area contributed by atoms with Crippen LogP contribution in [-0.2, 0) is 11.2 Å². The van der Waals surface area contributed by atoms with E-state index in [4.69, 9.17) is 4.74 Å². The molecule has 2 aromatic rings. The number of thioether (sulfide) groups is 1. The number of nitrogens with zero attached hydrogens (tertiary/aromatic N) is 3. The molecule has 1 aliphatic heterocycles. The van der Waals surface area contributed by atoms with Crippen LogP contribution in [0.2, 0.25) is 0 Å². The number of hydrogen-bond donors (Lipinski definition) is 1. The number of aromatic amines is 1. The number of rotatable bonds is 6. The molecule has 1 amide bonds. The van der Waals surface area contributed by atoms with E-state index in [9.17, 15) is 9.59 Å². The van der Waals surface area contributed by atoms with Gasteiger partial charge in [-0.2, -0.15) is 0 Å². The molecule has 1 saturated heterocycles. The van der Waals surface area contributed by atoms with Gasteiger partial charge in [0, 0.05) is 43.1 Å². The molecule has 0 unspecified atom stereocenters. The summed E-state index contributed by atoms with van der Waals surface area (Å²) in [5.74, 6) is 1.18. The molecule has 3 rings (SSSR count). The van der Waals surface area contributed by atoms with Gasteiger partial charge in [0.2, 0.25) is 5.91 Å². The van der Waals surface area contributed by atoms with Crippen LogP contribution in [0.3, 0.4) is 0 Å². The Hall–Kier alpha value is -2.48. The first-order valence-electron chi connectivity index (χ1n) is 9.41. The van der Waals surface area contributed by atoms with Crippen molar-refractivity contribution in [2.45, 2.75) is 25.4 Å². The average Bonchev–Trinajstić information content (AvgIpc) is 2.72. The highest BCUT2D eigenvalue weighted by atomic mass is 32.2. The zero-order valence-electron chi connectivity index (χ0n) is 16.5. The summed E-state index contributed by atoms with van der Waals surface area (Å²) in [5, 5.41) is 0.505. The Labute approximate surface area is 169 Å². The average molecular weight is 403 g/mol. The number of piperazine rings is 1. The van der Waals surface area contributed by atoms with E-state index < -0.39 is 0 Å². The zero-order valence-corrected chi connectivity index (χ0v) is 17.3. The predicted molar refractivity (Wildman–Crippen MR) is 111 cm³/mol. The van der Waals surface area contributed by atoms with Crippen molar-refractivity contribution in [3.05, 3.63) is 45.9 Å². The summed E-state index contributed by atoms with van der Waals surface area (Å²) in [4.78, 5) is 35.9. The summed E-state index contributed by atoms with van der Waals surface area (Å²) in [6.45, 7) is 6.72. The van der Waals surface area contributed by atoms with Gasteiger partial charge in [-0.15, -0.1) is 0 Å². The molecule has 150 valence electrons. The van der Waals surface area contributed by atoms with Gasteiger partial charge in [0.25, 0.3) is 5.56 Å². The Morgan fingerprint density at radius 1 is 1.21 bits per heavy atom. The van der Waals surface area contributed by atoms with E-state index in [2.05, 4.69) is 14.9 Å². The molecule has 7 nitrogen and oxygen atoms in total. The van der Waals surface area contributed by atoms with E-state index >= 15 is 0 Å². The van der Waals surface area contributed by atoms with Gasteiger partial charge in [-0.05, 0) is 37.6 Å². The summed E-state index contributed by atoms with van der Waals surface area (Å²) in [7, 11) is 1.65. The van der Waals surface area contributed by atoms with Crippen molar-refractivity contribution in [3.8, 4) is 5.75 Å². The van der Waals surface area contributed by atoms with Crippen molar-refractivity contribution in [2.24, 2.45) is 0 Å². The molecule has 0 bridgehead atoms. The molecule has 0 radical (unpaired) electrons. The van der Waals surface area contributed by atoms with Gasteiger partial charge in [0.1, 0.15) is 5.75 Å². The maximum absolute atomic E-state index is 12.5. The number of anilines is 1. The molecule has 1 aromatic heterocycles. The minimum Gasteiger partial charge on any atom is -0.497 e. The lowest BCUT2D eigenvalue weighted by Crippen LogP contribution is -2.49. The number of amides is 1. The second kappa shape index (κ2) is 9.14. The molecule has 1 N–H and O–H groups in total. The Morgan fingerprint density at radius 3 is 2.46 bits per heavy atom. The van der Waals surface area contributed by atoms with Gasteiger partial charge in [0.15, 0.2) is 5.16 Å². The topological polar surface area (TPSA) is 78.5 Å². The van der Waals surface area contributed by atoms with E-state index in [1.807, 2.05) is 43.0 Å². The van der Waals surface area contributed by atoms with Gasteiger partial charge in [-0.25, -0.2) is 4.98 Å². The molecule has 0 atom stereocenters. The number of nitrogens with one attached hydrogen (secondary N) is 1. The van der Waals surface area contributed by atoms with Crippen LogP contribution in [0.25, 0.3) is 0 Å². The highest BCUT2D eigenvalue weighted by molar-refractivity contribution is 7.99. The van der Waals surface area contributed by atoms with Gasteiger partial charge >= 0.3 is 0 Å². The normalized spacial score (nSPS) is 14.2. The number of H-pyrrole nitrogens is 1. The first-order valence-corrected chi connectivity index (χ1v) is 10.4. The first-order chi connectivity index (χ1) is 13.5. The second-order valence-corrected chi connectivity index (χ2v) is 7.61. The fraction of sp³-hybridized carbons (Fsp3) is 0.450. The third-order valence-corrected chi connectivity index (χ3v) is 5.81. The second-order valence-electron chi connectivity index (χ2n) is 6.64. The summed E-state index contributed by atoms with van der Waals surface area (Å²) in [5.41, 5.74) is 2.45. The number of aryl methyl sites for hydroxylation is 1. The number of aromatic nitrogens is 2. The molecule has 0 saturated carbocycles. The Bertz CT molecular complexity index is 874. The molecule has 1 aromatic carbocycles. The molecule has 1 fully saturated rings. The number of carbonyl (C=O) groups excluding carboxylic acids is 1. The SMILES string of the molecule is CCc1c(C)nc(SCC(=O)N2CCN(c3ccc(OC)cc3)CC2)[nH]c1=O. The summed E-state index contributed by atoms with van der Waals surface area (Å²) < 4.78 is 5.20. The van der Waals surface area contributed by atoms with E-state index in [0.29, 0.717) is 30.2 Å². The lowest BCUT2D eigenvalue weighted by molar-refractivity contribution is -0.128. The molecule has 28 heavy (non-hydrogen) atoms. The number of hydrogen-bond acceptors (Lipinski definition) is 6. The maximum atomic E-state index is 12.5. The van der Waals surface area contributed by atoms with Crippen molar-refractivity contribution in [1.29, 1.82) is 0 Å². The fourth-order valence-electron chi connectivity index (χ4n) is 3.30. The van der Waals surface area contributed by atoms with Crippen LogP contribution in [-0.4, -0.2) is 59.8 Å². The lowest BCUT2D eigenvalue weighted by Gasteiger charge is -2.36. The van der Waals surface area contributed by atoms with Crippen molar-refractivity contribution < 1.29 is 9.53 Å². The standard InChI is InChI=1S/C20H26N4O3S/c1-4-17-14(2)21-20(22-19(17)26)28-13-18(25)24-11-9-23(10-12-24)15-5-7-16(27-3)8-6-15/h5-8H,4,9-13H2,1-3H3,(H,21,22,26). The Morgan fingerprint density at radius 2 is 1.89 bits per heavy atom. The number of methoxy groups -OCH3 is 1. The van der Waals surface area contributed by atoms with Gasteiger partial charge in [0.05, 0.1) is 12.9 Å². The molecular weight excluding hydrogens is 376 g/mol. The number of benzene rings is 1. The third kappa shape index (κ3) is 4.67. The van der Waals surface area contributed by atoms with E-state index in [-0.39, 0.29) is 17.2 Å². The summed E-state index contributed by atoms with van der Waals surface area (Å²) in [6, 6.07) is 7.97. The molecule has 2 heterocycles. The molecule has 0 aliphatic carbocycles. The number of carbonyl (C=O) groups is 1. The van der Waals surface area contributed by atoms with Crippen molar-refractivity contribution in [2.75, 3.05) is 43.9 Å². The Kier molecular flexibility index (Phi) is 6.61. The zero-order chi connectivity index (χ0) is 20.1. The van der Waals surface area contributed by atoms with Crippen LogP contribution < -0.4 is 15.2 Å². The van der Waals surface area contributed by atoms with Crippen LogP contribution in [0.5, 0.6) is 5.75 Å². The van der Waals surface area contributed by atoms with E-state index in [1.165, 1.54) is 11.8 Å². The summed E-state index contributed by atoms with van der Waals surface area (Å²) >= 11 is 1.29. The van der Waals surface area contributed by atoms with Gasteiger partial charge < -0.3 is 19.5 Å². The lowest BCUT2D eigenvalue weighted by atomic mass is 10.2. The van der Waals surface area contributed by atoms with Crippen LogP contribution >= 0.6 is 11.8 Å². The van der Waals surface area contributed by atoms with Crippen LogP contribution in [0, 0.1) is 6.92 Å². The van der Waals surface area contributed by atoms with Gasteiger partial charge in [-0.3, -0.25) is 9.59 Å². The first kappa shape index (κ1) is 20.3. The molecule has 0 spiro atoms. The highest BCUT2D eigenvalue weighted by Gasteiger charge is 2.21. The predicted octanol–water partition coefficient (Wildman–Crippen LogP) is 2.09. The Balaban J connectivity index is 1.52. The van der Waals surface area contributed by atoms with Gasteiger partial charge in [-0.1, -0.05) is 18.7 Å². The van der Waals surface area contributed by atoms with Crippen LogP contribution in [0.15, 0.2) is 34.2 Å². The van der Waals surface area contributed by atoms with Crippen LogP contribution in [0.1, 0.15) is 18.2 Å². The minimum atomic E-state index is -0.113. The maximum Gasteiger partial charge on any atom is 0.254 e. The molecular formula is C20H26N4O3S. The molecule has 1 aliphatic rings. The van der Waals surface area contributed by atoms with Crippen molar-refractivity contribution in [3.63, 3.8) is 0 Å². The number of ether oxygens (including phenoxy) is 1. The quantitative estimate of drug-likeness (QED) is 0.589. The largest absolute Gasteiger partial charge is 0.497 e. The highest BCUT2D eigenvalue weighted by Crippen LogP contribution is 2.21. The molecule has 8 heteroatoms. The monoisotopic (exact) mass is 402 g/mol. The minimum absolute atomic E-state index is 0.0688. The van der Waals surface area contributed by atoms with Crippen molar-refractivity contribution in [1.82, 2.24) is 14.9 Å². The fourth-order valence-corrected chi connectivity index (χ4v) is 4.11. The summed E-state index contributed by atoms with van der Waals surface area (Å²) in [6.07, 6.45) is 0.649. The van der Waals surface area contributed by atoms with Crippen molar-refractivity contribution >= 4 is 23.4 Å². The van der Waals surface area contributed by atoms with E-state index in [1.54, 1.807) is 7.11 Å². The third-order valence-electron chi connectivity index (χ3n) is 4.96. The van der Waals surface area contributed by atoms with E-state index in [0.717, 1.165) is 30.2 Å². The van der Waals surface area contributed by atoms with Crippen LogP contribution in [0.4, 0.5) is 5.69 Å². The smallest absolute Gasteiger partial charge is 0.254 e.